The van der Waals surface area contributed by atoms with E-state index in [9.17, 15) is 5.11 Å². The summed E-state index contributed by atoms with van der Waals surface area (Å²) in [6, 6.07) is 1.95. The highest BCUT2D eigenvalue weighted by atomic mass is 16.5. The van der Waals surface area contributed by atoms with E-state index < -0.39 is 0 Å². The van der Waals surface area contributed by atoms with Crippen molar-refractivity contribution in [2.45, 2.75) is 45.8 Å². The van der Waals surface area contributed by atoms with Crippen LogP contribution >= 0.6 is 0 Å². The zero-order valence-electron chi connectivity index (χ0n) is 11.1. The van der Waals surface area contributed by atoms with Gasteiger partial charge in [0.15, 0.2) is 0 Å². The van der Waals surface area contributed by atoms with Gasteiger partial charge in [0.25, 0.3) is 0 Å². The summed E-state index contributed by atoms with van der Waals surface area (Å²) in [5.74, 6) is 0.546. The number of aliphatic hydroxyl groups excluding tert-OH is 1. The molecule has 0 aliphatic carbocycles. The van der Waals surface area contributed by atoms with Gasteiger partial charge in [-0.15, -0.1) is 0 Å². The lowest BCUT2D eigenvalue weighted by molar-refractivity contribution is -0.0123. The van der Waals surface area contributed by atoms with Crippen LogP contribution in [0.15, 0.2) is 6.07 Å². The van der Waals surface area contributed by atoms with Gasteiger partial charge in [-0.3, -0.25) is 0 Å². The zero-order chi connectivity index (χ0) is 13.0. The molecule has 1 aliphatic rings. The van der Waals surface area contributed by atoms with Gasteiger partial charge in [-0.2, -0.15) is 0 Å². The van der Waals surface area contributed by atoms with Gasteiger partial charge in [-0.05, 0) is 44.7 Å². The molecule has 0 radical (unpaired) electrons. The molecule has 2 rings (SSSR count). The maximum absolute atomic E-state index is 9.38. The predicted molar refractivity (Wildman–Crippen MR) is 68.7 cm³/mol. The fourth-order valence-corrected chi connectivity index (χ4v) is 2.25. The van der Waals surface area contributed by atoms with Gasteiger partial charge >= 0.3 is 0 Å². The van der Waals surface area contributed by atoms with E-state index in [1.807, 2.05) is 19.9 Å². The summed E-state index contributed by atoms with van der Waals surface area (Å²) in [7, 11) is 0. The Morgan fingerprint density at radius 1 is 1.44 bits per heavy atom. The van der Waals surface area contributed by atoms with Crippen molar-refractivity contribution in [3.05, 3.63) is 22.9 Å². The molecule has 1 aliphatic heterocycles. The first-order valence-corrected chi connectivity index (χ1v) is 6.53. The summed E-state index contributed by atoms with van der Waals surface area (Å²) < 4.78 is 11.4. The van der Waals surface area contributed by atoms with E-state index in [4.69, 9.17) is 9.47 Å². The molecule has 2 heterocycles. The maximum atomic E-state index is 9.38. The fraction of sp³-hybridized carbons (Fsp3) is 0.643. The molecule has 0 amide bonds. The van der Waals surface area contributed by atoms with Crippen LogP contribution < -0.4 is 4.74 Å². The molecule has 1 unspecified atom stereocenters. The molecule has 1 aromatic heterocycles. The van der Waals surface area contributed by atoms with Crippen molar-refractivity contribution in [1.82, 2.24) is 4.98 Å². The third-order valence-electron chi connectivity index (χ3n) is 3.28. The number of ether oxygens (including phenoxy) is 2. The Labute approximate surface area is 108 Å². The molecule has 1 saturated heterocycles. The molecule has 1 N–H and O–H groups in total. The fourth-order valence-electron chi connectivity index (χ4n) is 2.25. The third-order valence-corrected chi connectivity index (χ3v) is 3.28. The van der Waals surface area contributed by atoms with Crippen molar-refractivity contribution in [3.8, 4) is 5.88 Å². The van der Waals surface area contributed by atoms with Gasteiger partial charge in [0.05, 0.1) is 12.7 Å². The number of aliphatic hydroxyl groups is 1. The minimum Gasteiger partial charge on any atom is -0.475 e. The molecule has 0 bridgehead atoms. The lowest BCUT2D eigenvalue weighted by Gasteiger charge is -2.23. The standard InChI is InChI=1S/C14H21NO3/c1-10-7-11(2)15-14(13(10)8-16)18-9-12-5-3-4-6-17-12/h7,12,16H,3-6,8-9H2,1-2H3. The summed E-state index contributed by atoms with van der Waals surface area (Å²) in [5, 5.41) is 9.38. The van der Waals surface area contributed by atoms with Crippen LogP contribution in [0, 0.1) is 13.8 Å². The van der Waals surface area contributed by atoms with Crippen LogP contribution in [0.2, 0.25) is 0 Å². The van der Waals surface area contributed by atoms with E-state index in [2.05, 4.69) is 4.98 Å². The molecule has 1 fully saturated rings. The summed E-state index contributed by atoms with van der Waals surface area (Å²) >= 11 is 0. The van der Waals surface area contributed by atoms with Crippen LogP contribution in [0.3, 0.4) is 0 Å². The highest BCUT2D eigenvalue weighted by molar-refractivity contribution is 5.35. The minimum absolute atomic E-state index is 0.0417. The van der Waals surface area contributed by atoms with Crippen molar-refractivity contribution < 1.29 is 14.6 Å². The van der Waals surface area contributed by atoms with E-state index in [0.29, 0.717) is 12.5 Å². The molecule has 100 valence electrons. The van der Waals surface area contributed by atoms with Gasteiger partial charge in [0, 0.05) is 17.9 Å². The normalized spacial score (nSPS) is 19.8. The first-order valence-electron chi connectivity index (χ1n) is 6.53. The Kier molecular flexibility index (Phi) is 4.55. The Bertz CT molecular complexity index is 400. The van der Waals surface area contributed by atoms with Gasteiger partial charge in [0.1, 0.15) is 6.61 Å². The molecule has 1 atom stereocenters. The van der Waals surface area contributed by atoms with E-state index >= 15 is 0 Å². The van der Waals surface area contributed by atoms with Crippen molar-refractivity contribution in [3.63, 3.8) is 0 Å². The van der Waals surface area contributed by atoms with Crippen LogP contribution in [-0.2, 0) is 11.3 Å². The van der Waals surface area contributed by atoms with Crippen LogP contribution in [-0.4, -0.2) is 29.4 Å². The van der Waals surface area contributed by atoms with Crippen LogP contribution in [0.25, 0.3) is 0 Å². The van der Waals surface area contributed by atoms with Crippen LogP contribution in [0.1, 0.15) is 36.1 Å². The van der Waals surface area contributed by atoms with Crippen molar-refractivity contribution in [1.29, 1.82) is 0 Å². The average molecular weight is 251 g/mol. The molecule has 4 heteroatoms. The second kappa shape index (κ2) is 6.16. The van der Waals surface area contributed by atoms with E-state index in [1.165, 1.54) is 6.42 Å². The van der Waals surface area contributed by atoms with E-state index in [0.717, 1.165) is 36.3 Å². The van der Waals surface area contributed by atoms with Gasteiger partial charge in [-0.25, -0.2) is 4.98 Å². The number of rotatable bonds is 4. The Balaban J connectivity index is 2.03. The lowest BCUT2D eigenvalue weighted by Crippen LogP contribution is -2.26. The molecule has 1 aromatic rings. The summed E-state index contributed by atoms with van der Waals surface area (Å²) in [4.78, 5) is 4.35. The number of hydrogen-bond acceptors (Lipinski definition) is 4. The second-order valence-corrected chi connectivity index (χ2v) is 4.82. The Morgan fingerprint density at radius 2 is 2.28 bits per heavy atom. The summed E-state index contributed by atoms with van der Waals surface area (Å²) in [5.41, 5.74) is 2.70. The van der Waals surface area contributed by atoms with Gasteiger partial charge in [0.2, 0.25) is 5.88 Å². The Morgan fingerprint density at radius 3 is 2.94 bits per heavy atom. The molecule has 0 aromatic carbocycles. The summed E-state index contributed by atoms with van der Waals surface area (Å²) in [6.45, 7) is 5.19. The minimum atomic E-state index is -0.0417. The topological polar surface area (TPSA) is 51.6 Å². The molecule has 0 spiro atoms. The maximum Gasteiger partial charge on any atom is 0.219 e. The third kappa shape index (κ3) is 3.21. The van der Waals surface area contributed by atoms with Gasteiger partial charge in [-0.1, -0.05) is 0 Å². The van der Waals surface area contributed by atoms with Crippen molar-refractivity contribution in [2.24, 2.45) is 0 Å². The predicted octanol–water partition coefficient (Wildman–Crippen LogP) is 2.14. The van der Waals surface area contributed by atoms with Gasteiger partial charge < -0.3 is 14.6 Å². The monoisotopic (exact) mass is 251 g/mol. The largest absolute Gasteiger partial charge is 0.475 e. The average Bonchev–Trinajstić information content (AvgIpc) is 2.37. The molecule has 4 nitrogen and oxygen atoms in total. The number of nitrogens with zero attached hydrogens (tertiary/aromatic N) is 1. The number of pyridine rings is 1. The quantitative estimate of drug-likeness (QED) is 0.890. The highest BCUT2D eigenvalue weighted by Gasteiger charge is 2.16. The molecule has 0 saturated carbocycles. The lowest BCUT2D eigenvalue weighted by atomic mass is 10.1. The van der Waals surface area contributed by atoms with Crippen molar-refractivity contribution >= 4 is 0 Å². The van der Waals surface area contributed by atoms with E-state index in [-0.39, 0.29) is 12.7 Å². The first kappa shape index (κ1) is 13.3. The SMILES string of the molecule is Cc1cc(C)c(CO)c(OCC2CCCCO2)n1. The highest BCUT2D eigenvalue weighted by Crippen LogP contribution is 2.22. The Hall–Kier alpha value is -1.13. The molecule has 18 heavy (non-hydrogen) atoms. The van der Waals surface area contributed by atoms with Crippen LogP contribution in [0.5, 0.6) is 5.88 Å². The van der Waals surface area contributed by atoms with E-state index in [1.54, 1.807) is 0 Å². The number of aryl methyl sites for hydroxylation is 2. The number of aromatic nitrogens is 1. The van der Waals surface area contributed by atoms with Crippen LogP contribution in [0.4, 0.5) is 0 Å². The first-order chi connectivity index (χ1) is 8.70. The summed E-state index contributed by atoms with van der Waals surface area (Å²) in [6.07, 6.45) is 3.54. The molecular weight excluding hydrogens is 230 g/mol. The van der Waals surface area contributed by atoms with Crippen molar-refractivity contribution in [2.75, 3.05) is 13.2 Å². The second-order valence-electron chi connectivity index (χ2n) is 4.82. The molecular formula is C14H21NO3. The smallest absolute Gasteiger partial charge is 0.219 e. The zero-order valence-corrected chi connectivity index (χ0v) is 11.1. The number of hydrogen-bond donors (Lipinski definition) is 1.